The number of carbonyl (C=O) groups excluding carboxylic acids is 1. The molecule has 1 aromatic heterocycles. The third kappa shape index (κ3) is 2.06. The Morgan fingerprint density at radius 1 is 1.43 bits per heavy atom. The molecule has 5 nitrogen and oxygen atoms in total. The van der Waals surface area contributed by atoms with Gasteiger partial charge in [0.05, 0.1) is 0 Å². The van der Waals surface area contributed by atoms with Crippen LogP contribution in [0.25, 0.3) is 0 Å². The Kier molecular flexibility index (Phi) is 3.17. The van der Waals surface area contributed by atoms with Gasteiger partial charge < -0.3 is 9.88 Å². The van der Waals surface area contributed by atoms with Crippen molar-refractivity contribution in [3.8, 4) is 0 Å². The van der Waals surface area contributed by atoms with Crippen LogP contribution < -0.4 is 5.32 Å². The van der Waals surface area contributed by atoms with Crippen molar-refractivity contribution in [2.45, 2.75) is 39.2 Å². The molecule has 21 heavy (non-hydrogen) atoms. The Morgan fingerprint density at radius 3 is 2.81 bits per heavy atom. The summed E-state index contributed by atoms with van der Waals surface area (Å²) in [4.78, 5) is 12.3. The second-order valence-electron chi connectivity index (χ2n) is 6.75. The molecule has 4 unspecified atom stereocenters. The van der Waals surface area contributed by atoms with Crippen LogP contribution in [0.1, 0.15) is 32.0 Å². The number of hydrogen-bond acceptors (Lipinski definition) is 3. The van der Waals surface area contributed by atoms with Gasteiger partial charge in [0, 0.05) is 25.4 Å². The topological polar surface area (TPSA) is 62.7 Å². The van der Waals surface area contributed by atoms with Gasteiger partial charge in [-0.15, -0.1) is 0 Å². The highest BCUT2D eigenvalue weighted by molar-refractivity contribution is 7.71. The molecule has 6 heteroatoms. The van der Waals surface area contributed by atoms with Crippen molar-refractivity contribution in [2.24, 2.45) is 29.6 Å². The third-order valence-corrected chi connectivity index (χ3v) is 6.14. The van der Waals surface area contributed by atoms with E-state index in [2.05, 4.69) is 22.4 Å². The first-order valence-corrected chi connectivity index (χ1v) is 8.53. The molecule has 2 N–H and O–H groups in total. The van der Waals surface area contributed by atoms with E-state index in [1.807, 2.05) is 4.57 Å². The van der Waals surface area contributed by atoms with E-state index in [0.29, 0.717) is 35.6 Å². The Labute approximate surface area is 129 Å². The van der Waals surface area contributed by atoms with Gasteiger partial charge in [-0.05, 0) is 55.2 Å². The van der Waals surface area contributed by atoms with Crippen LogP contribution in [-0.2, 0) is 17.8 Å². The Morgan fingerprint density at radius 2 is 2.14 bits per heavy atom. The van der Waals surface area contributed by atoms with Crippen LogP contribution in [0.5, 0.6) is 0 Å². The van der Waals surface area contributed by atoms with Gasteiger partial charge in [0.15, 0.2) is 4.77 Å². The number of aromatic amines is 1. The number of aromatic nitrogens is 3. The Hall–Kier alpha value is -1.17. The molecular weight excluding hydrogens is 284 g/mol. The summed E-state index contributed by atoms with van der Waals surface area (Å²) in [5, 5.41) is 10.1. The molecule has 3 saturated carbocycles. The first kappa shape index (κ1) is 13.5. The molecule has 0 radical (unpaired) electrons. The van der Waals surface area contributed by atoms with Crippen molar-refractivity contribution in [3.05, 3.63) is 10.6 Å². The van der Waals surface area contributed by atoms with Gasteiger partial charge in [0.2, 0.25) is 5.91 Å². The molecule has 4 atom stereocenters. The van der Waals surface area contributed by atoms with Gasteiger partial charge >= 0.3 is 0 Å². The average Bonchev–Trinajstić information content (AvgIpc) is 2.78. The van der Waals surface area contributed by atoms with Crippen molar-refractivity contribution in [1.82, 2.24) is 20.1 Å². The van der Waals surface area contributed by atoms with E-state index in [9.17, 15) is 4.79 Å². The fraction of sp³-hybridized carbons (Fsp3) is 0.800. The SMILES string of the molecule is CCc1n[nH]c(=S)n1CCNC(=O)C1C2C3CCC(C3)C12. The zero-order valence-corrected chi connectivity index (χ0v) is 13.2. The predicted octanol–water partition coefficient (Wildman–Crippen LogP) is 1.91. The minimum atomic E-state index is 0.273. The molecule has 2 bridgehead atoms. The minimum Gasteiger partial charge on any atom is -0.354 e. The van der Waals surface area contributed by atoms with E-state index in [4.69, 9.17) is 12.2 Å². The highest BCUT2D eigenvalue weighted by atomic mass is 32.1. The minimum absolute atomic E-state index is 0.273. The van der Waals surface area contributed by atoms with E-state index in [0.717, 1.165) is 24.1 Å². The summed E-state index contributed by atoms with van der Waals surface area (Å²) in [6.45, 7) is 3.41. The Bertz CT molecular complexity index is 605. The van der Waals surface area contributed by atoms with Crippen LogP contribution in [0.2, 0.25) is 0 Å². The number of carbonyl (C=O) groups is 1. The zero-order chi connectivity index (χ0) is 14.6. The summed E-state index contributed by atoms with van der Waals surface area (Å²) >= 11 is 5.22. The molecular formula is C15H22N4OS. The maximum Gasteiger partial charge on any atom is 0.223 e. The van der Waals surface area contributed by atoms with Crippen molar-refractivity contribution in [2.75, 3.05) is 6.54 Å². The molecule has 3 aliphatic carbocycles. The molecule has 0 saturated heterocycles. The normalized spacial score (nSPS) is 35.8. The average molecular weight is 306 g/mol. The molecule has 0 aliphatic heterocycles. The number of nitrogens with one attached hydrogen (secondary N) is 2. The standard InChI is InChI=1S/C15H22N4OS/c1-2-10-17-18-15(21)19(10)6-5-16-14(20)13-11-8-3-4-9(7-8)12(11)13/h8-9,11-13H,2-7H2,1H3,(H,16,20)(H,18,21). The largest absolute Gasteiger partial charge is 0.354 e. The summed E-state index contributed by atoms with van der Waals surface area (Å²) in [5.74, 6) is 4.68. The lowest BCUT2D eigenvalue weighted by molar-refractivity contribution is -0.123. The molecule has 0 spiro atoms. The van der Waals surface area contributed by atoms with Gasteiger partial charge in [-0.2, -0.15) is 5.10 Å². The van der Waals surface area contributed by atoms with Gasteiger partial charge in [0.25, 0.3) is 0 Å². The lowest BCUT2D eigenvalue weighted by Crippen LogP contribution is -2.30. The van der Waals surface area contributed by atoms with Crippen LogP contribution in [0, 0.1) is 34.4 Å². The lowest BCUT2D eigenvalue weighted by Gasteiger charge is -2.10. The first-order chi connectivity index (χ1) is 10.2. The lowest BCUT2D eigenvalue weighted by atomic mass is 10.0. The molecule has 1 heterocycles. The first-order valence-electron chi connectivity index (χ1n) is 8.12. The maximum atomic E-state index is 12.3. The molecule has 1 amide bonds. The van der Waals surface area contributed by atoms with Crippen molar-refractivity contribution < 1.29 is 4.79 Å². The molecule has 0 aromatic carbocycles. The number of hydrogen-bond donors (Lipinski definition) is 2. The smallest absolute Gasteiger partial charge is 0.223 e. The summed E-state index contributed by atoms with van der Waals surface area (Å²) in [7, 11) is 0. The fourth-order valence-electron chi connectivity index (χ4n) is 4.94. The van der Waals surface area contributed by atoms with Crippen molar-refractivity contribution in [1.29, 1.82) is 0 Å². The highest BCUT2D eigenvalue weighted by Gasteiger charge is 2.67. The van der Waals surface area contributed by atoms with Gasteiger partial charge in [-0.3, -0.25) is 9.89 Å². The van der Waals surface area contributed by atoms with E-state index >= 15 is 0 Å². The number of aryl methyl sites for hydroxylation is 1. The zero-order valence-electron chi connectivity index (χ0n) is 12.3. The number of amides is 1. The number of rotatable bonds is 5. The van der Waals surface area contributed by atoms with E-state index in [1.165, 1.54) is 19.3 Å². The van der Waals surface area contributed by atoms with Crippen LogP contribution >= 0.6 is 12.2 Å². The van der Waals surface area contributed by atoms with Crippen LogP contribution in [-0.4, -0.2) is 27.2 Å². The van der Waals surface area contributed by atoms with E-state index in [-0.39, 0.29) is 5.91 Å². The molecule has 3 fully saturated rings. The fourth-order valence-corrected chi connectivity index (χ4v) is 5.18. The third-order valence-electron chi connectivity index (χ3n) is 5.83. The van der Waals surface area contributed by atoms with Gasteiger partial charge in [-0.1, -0.05) is 6.92 Å². The summed E-state index contributed by atoms with van der Waals surface area (Å²) in [6, 6.07) is 0. The van der Waals surface area contributed by atoms with Crippen molar-refractivity contribution in [3.63, 3.8) is 0 Å². The molecule has 3 aliphatic rings. The molecule has 114 valence electrons. The quantitative estimate of drug-likeness (QED) is 0.817. The molecule has 4 rings (SSSR count). The monoisotopic (exact) mass is 306 g/mol. The van der Waals surface area contributed by atoms with Crippen LogP contribution in [0.15, 0.2) is 0 Å². The van der Waals surface area contributed by atoms with Crippen molar-refractivity contribution >= 4 is 18.1 Å². The Balaban J connectivity index is 1.31. The highest BCUT2D eigenvalue weighted by Crippen LogP contribution is 2.69. The van der Waals surface area contributed by atoms with Crippen LogP contribution in [0.3, 0.4) is 0 Å². The second-order valence-corrected chi connectivity index (χ2v) is 7.14. The predicted molar refractivity (Wildman–Crippen MR) is 81.1 cm³/mol. The summed E-state index contributed by atoms with van der Waals surface area (Å²) in [6.07, 6.45) is 4.96. The van der Waals surface area contributed by atoms with E-state index in [1.54, 1.807) is 0 Å². The number of fused-ring (bicyclic) bond motifs is 5. The molecule has 1 aromatic rings. The number of H-pyrrole nitrogens is 1. The summed E-state index contributed by atoms with van der Waals surface area (Å²) < 4.78 is 2.62. The van der Waals surface area contributed by atoms with E-state index < -0.39 is 0 Å². The van der Waals surface area contributed by atoms with Gasteiger partial charge in [0.1, 0.15) is 5.82 Å². The number of nitrogens with zero attached hydrogens (tertiary/aromatic N) is 2. The maximum absolute atomic E-state index is 12.3. The second kappa shape index (κ2) is 4.93. The summed E-state index contributed by atoms with van der Waals surface area (Å²) in [5.41, 5.74) is 0. The van der Waals surface area contributed by atoms with Crippen LogP contribution in [0.4, 0.5) is 0 Å². The van der Waals surface area contributed by atoms with Gasteiger partial charge in [-0.25, -0.2) is 0 Å².